The van der Waals surface area contributed by atoms with Gasteiger partial charge < -0.3 is 15.2 Å². The summed E-state index contributed by atoms with van der Waals surface area (Å²) >= 11 is 0. The van der Waals surface area contributed by atoms with Gasteiger partial charge in [-0.1, -0.05) is 23.4 Å². The lowest BCUT2D eigenvalue weighted by molar-refractivity contribution is 0.432. The Morgan fingerprint density at radius 3 is 3.06 bits per heavy atom. The SMILES string of the molecule is NCc1cnoc1-c1c[nH]c2ccccc12. The predicted molar refractivity (Wildman–Crippen MR) is 61.7 cm³/mol. The van der Waals surface area contributed by atoms with Crippen molar-refractivity contribution < 1.29 is 4.52 Å². The molecule has 4 nitrogen and oxygen atoms in total. The quantitative estimate of drug-likeness (QED) is 0.686. The van der Waals surface area contributed by atoms with E-state index in [1.807, 2.05) is 30.5 Å². The minimum Gasteiger partial charge on any atom is -0.360 e. The van der Waals surface area contributed by atoms with Crippen LogP contribution < -0.4 is 5.73 Å². The van der Waals surface area contributed by atoms with E-state index in [0.29, 0.717) is 6.54 Å². The summed E-state index contributed by atoms with van der Waals surface area (Å²) in [5.74, 6) is 0.750. The first-order chi connectivity index (χ1) is 7.90. The van der Waals surface area contributed by atoms with Crippen molar-refractivity contribution in [2.24, 2.45) is 5.73 Å². The molecule has 3 N–H and O–H groups in total. The normalized spacial score (nSPS) is 11.1. The van der Waals surface area contributed by atoms with E-state index in [0.717, 1.165) is 27.8 Å². The van der Waals surface area contributed by atoms with Gasteiger partial charge in [-0.05, 0) is 6.07 Å². The number of H-pyrrole nitrogens is 1. The summed E-state index contributed by atoms with van der Waals surface area (Å²) in [6.07, 6.45) is 3.58. The summed E-state index contributed by atoms with van der Waals surface area (Å²) < 4.78 is 5.26. The first-order valence-corrected chi connectivity index (χ1v) is 5.10. The van der Waals surface area contributed by atoms with Crippen molar-refractivity contribution in [2.45, 2.75) is 6.54 Å². The van der Waals surface area contributed by atoms with Gasteiger partial charge in [-0.15, -0.1) is 0 Å². The highest BCUT2D eigenvalue weighted by Crippen LogP contribution is 2.30. The number of fused-ring (bicyclic) bond motifs is 1. The maximum atomic E-state index is 5.64. The summed E-state index contributed by atoms with van der Waals surface area (Å²) in [7, 11) is 0. The lowest BCUT2D eigenvalue weighted by Crippen LogP contribution is -1.95. The molecule has 0 aliphatic carbocycles. The Balaban J connectivity index is 2.26. The molecule has 0 aliphatic rings. The molecular weight excluding hydrogens is 202 g/mol. The fourth-order valence-electron chi connectivity index (χ4n) is 1.89. The molecule has 3 aromatic rings. The highest BCUT2D eigenvalue weighted by molar-refractivity contribution is 5.94. The van der Waals surface area contributed by atoms with E-state index in [4.69, 9.17) is 10.3 Å². The van der Waals surface area contributed by atoms with Crippen LogP contribution in [0.15, 0.2) is 41.2 Å². The lowest BCUT2D eigenvalue weighted by atomic mass is 10.1. The molecule has 3 rings (SSSR count). The smallest absolute Gasteiger partial charge is 0.173 e. The van der Waals surface area contributed by atoms with Crippen LogP contribution in [0.25, 0.3) is 22.2 Å². The van der Waals surface area contributed by atoms with Crippen molar-refractivity contribution in [3.63, 3.8) is 0 Å². The third-order valence-electron chi connectivity index (χ3n) is 2.70. The maximum Gasteiger partial charge on any atom is 0.173 e. The predicted octanol–water partition coefficient (Wildman–Crippen LogP) is 2.28. The van der Waals surface area contributed by atoms with Crippen molar-refractivity contribution >= 4 is 10.9 Å². The van der Waals surface area contributed by atoms with Gasteiger partial charge in [-0.2, -0.15) is 0 Å². The average Bonchev–Trinajstić information content (AvgIpc) is 2.94. The van der Waals surface area contributed by atoms with Gasteiger partial charge in [0.25, 0.3) is 0 Å². The summed E-state index contributed by atoms with van der Waals surface area (Å²) in [4.78, 5) is 3.20. The average molecular weight is 213 g/mol. The van der Waals surface area contributed by atoms with Crippen LogP contribution in [0.4, 0.5) is 0 Å². The van der Waals surface area contributed by atoms with Gasteiger partial charge in [0, 0.05) is 34.8 Å². The second-order valence-corrected chi connectivity index (χ2v) is 3.63. The molecule has 0 spiro atoms. The first-order valence-electron chi connectivity index (χ1n) is 5.10. The summed E-state index contributed by atoms with van der Waals surface area (Å²) in [5, 5.41) is 4.91. The molecule has 0 saturated heterocycles. The molecule has 0 radical (unpaired) electrons. The number of nitrogens with two attached hydrogens (primary N) is 1. The minimum absolute atomic E-state index is 0.429. The molecule has 0 fully saturated rings. The molecule has 0 saturated carbocycles. The first kappa shape index (κ1) is 9.18. The van der Waals surface area contributed by atoms with Crippen LogP contribution in [0.3, 0.4) is 0 Å². The Bertz CT molecular complexity index is 624. The van der Waals surface area contributed by atoms with Crippen LogP contribution in [0.1, 0.15) is 5.56 Å². The Kier molecular flexibility index (Phi) is 2.01. The molecule has 2 aromatic heterocycles. The zero-order valence-corrected chi connectivity index (χ0v) is 8.60. The van der Waals surface area contributed by atoms with Crippen LogP contribution >= 0.6 is 0 Å². The van der Waals surface area contributed by atoms with E-state index in [1.54, 1.807) is 6.20 Å². The van der Waals surface area contributed by atoms with Gasteiger partial charge in [0.2, 0.25) is 0 Å². The van der Waals surface area contributed by atoms with E-state index >= 15 is 0 Å². The third kappa shape index (κ3) is 1.24. The molecule has 0 aliphatic heterocycles. The Labute approximate surface area is 92.0 Å². The number of nitrogens with one attached hydrogen (secondary N) is 1. The number of benzene rings is 1. The number of aromatic amines is 1. The van der Waals surface area contributed by atoms with E-state index in [9.17, 15) is 0 Å². The van der Waals surface area contributed by atoms with Crippen LogP contribution in [0.2, 0.25) is 0 Å². The zero-order valence-electron chi connectivity index (χ0n) is 8.60. The third-order valence-corrected chi connectivity index (χ3v) is 2.70. The molecule has 1 aromatic carbocycles. The topological polar surface area (TPSA) is 67.8 Å². The van der Waals surface area contributed by atoms with Gasteiger partial charge in [-0.3, -0.25) is 0 Å². The zero-order chi connectivity index (χ0) is 11.0. The number of hydrogen-bond acceptors (Lipinski definition) is 3. The highest BCUT2D eigenvalue weighted by atomic mass is 16.5. The fraction of sp³-hybridized carbons (Fsp3) is 0.0833. The van der Waals surface area contributed by atoms with Crippen LogP contribution in [-0.2, 0) is 6.54 Å². The van der Waals surface area contributed by atoms with Gasteiger partial charge in [0.15, 0.2) is 5.76 Å². The summed E-state index contributed by atoms with van der Waals surface area (Å²) in [6, 6.07) is 8.06. The monoisotopic (exact) mass is 213 g/mol. The Morgan fingerprint density at radius 2 is 2.19 bits per heavy atom. The van der Waals surface area contributed by atoms with Crippen LogP contribution in [-0.4, -0.2) is 10.1 Å². The standard InChI is InChI=1S/C12H11N3O/c13-5-8-6-15-16-12(8)10-7-14-11-4-2-1-3-9(10)11/h1-4,6-7,14H,5,13H2. The van der Waals surface area contributed by atoms with Gasteiger partial charge in [0.1, 0.15) is 0 Å². The molecule has 0 atom stereocenters. The van der Waals surface area contributed by atoms with Crippen LogP contribution in [0, 0.1) is 0 Å². The molecule has 80 valence electrons. The molecule has 4 heteroatoms. The number of rotatable bonds is 2. The summed E-state index contributed by atoms with van der Waals surface area (Å²) in [6.45, 7) is 0.429. The van der Waals surface area contributed by atoms with E-state index in [2.05, 4.69) is 10.1 Å². The van der Waals surface area contributed by atoms with Crippen molar-refractivity contribution in [1.82, 2.24) is 10.1 Å². The number of nitrogens with zero attached hydrogens (tertiary/aromatic N) is 1. The largest absolute Gasteiger partial charge is 0.360 e. The second-order valence-electron chi connectivity index (χ2n) is 3.63. The van der Waals surface area contributed by atoms with E-state index in [1.165, 1.54) is 0 Å². The fourth-order valence-corrected chi connectivity index (χ4v) is 1.89. The Hall–Kier alpha value is -2.07. The number of aromatic nitrogens is 2. The van der Waals surface area contributed by atoms with Crippen molar-refractivity contribution in [2.75, 3.05) is 0 Å². The molecule has 0 unspecified atom stereocenters. The van der Waals surface area contributed by atoms with Crippen molar-refractivity contribution in [3.05, 3.63) is 42.2 Å². The van der Waals surface area contributed by atoms with Gasteiger partial charge >= 0.3 is 0 Å². The highest BCUT2D eigenvalue weighted by Gasteiger charge is 2.13. The van der Waals surface area contributed by atoms with E-state index in [-0.39, 0.29) is 0 Å². The van der Waals surface area contributed by atoms with Gasteiger partial charge in [-0.25, -0.2) is 0 Å². The second kappa shape index (κ2) is 3.50. The number of para-hydroxylation sites is 1. The van der Waals surface area contributed by atoms with Crippen molar-refractivity contribution in [1.29, 1.82) is 0 Å². The van der Waals surface area contributed by atoms with E-state index < -0.39 is 0 Å². The van der Waals surface area contributed by atoms with Crippen LogP contribution in [0.5, 0.6) is 0 Å². The lowest BCUT2D eigenvalue weighted by Gasteiger charge is -1.96. The Morgan fingerprint density at radius 1 is 1.31 bits per heavy atom. The molecule has 2 heterocycles. The van der Waals surface area contributed by atoms with Crippen molar-refractivity contribution in [3.8, 4) is 11.3 Å². The molecule has 0 amide bonds. The maximum absolute atomic E-state index is 5.64. The minimum atomic E-state index is 0.429. The number of hydrogen-bond donors (Lipinski definition) is 2. The molecular formula is C12H11N3O. The summed E-state index contributed by atoms with van der Waals surface area (Å²) in [5.41, 5.74) is 8.64. The van der Waals surface area contributed by atoms with Gasteiger partial charge in [0.05, 0.1) is 6.20 Å². The molecule has 16 heavy (non-hydrogen) atoms. The molecule has 0 bridgehead atoms.